The highest BCUT2D eigenvalue weighted by Crippen LogP contribution is 2.41. The second-order valence-corrected chi connectivity index (χ2v) is 13.0. The number of halogens is 2. The third-order valence-electron chi connectivity index (χ3n) is 5.35. The first-order chi connectivity index (χ1) is 17.0. The van der Waals surface area contributed by atoms with E-state index < -0.39 is 31.0 Å². The Morgan fingerprint density at radius 2 is 1.75 bits per heavy atom. The molecule has 0 aliphatic heterocycles. The molecule has 0 saturated carbocycles. The number of carboxylic acids is 1. The van der Waals surface area contributed by atoms with Crippen molar-refractivity contribution in [1.29, 1.82) is 0 Å². The Kier molecular flexibility index (Phi) is 9.19. The maximum atomic E-state index is 13.1. The summed E-state index contributed by atoms with van der Waals surface area (Å²) in [5, 5.41) is 26.2. The first-order valence-electron chi connectivity index (χ1n) is 10.7. The number of rotatable bonds is 10. The van der Waals surface area contributed by atoms with E-state index in [0.717, 1.165) is 0 Å². The van der Waals surface area contributed by atoms with Gasteiger partial charge in [0.05, 0.1) is 20.5 Å². The molecule has 1 heterocycles. The predicted octanol–water partition coefficient (Wildman–Crippen LogP) is 4.23. The number of phenolic OH excluding ortho intramolecular Hbond substituents is 1. The van der Waals surface area contributed by atoms with Crippen LogP contribution in [0.3, 0.4) is 0 Å². The number of carbonyl (C=O) groups excluding carboxylic acids is 2. The lowest BCUT2D eigenvalue weighted by Crippen LogP contribution is -2.48. The lowest BCUT2D eigenvalue weighted by molar-refractivity contribution is -0.139. The monoisotopic (exact) mass is 568 g/mol. The molecule has 2 amide bonds. The van der Waals surface area contributed by atoms with Gasteiger partial charge in [-0.3, -0.25) is 9.59 Å². The van der Waals surface area contributed by atoms with Gasteiger partial charge in [0.1, 0.15) is 18.9 Å². The lowest BCUT2D eigenvalue weighted by Gasteiger charge is -2.17. The smallest absolute Gasteiger partial charge is 0.328 e. The number of aryl methyl sites for hydroxylation is 1. The molecule has 0 radical (unpaired) electrons. The van der Waals surface area contributed by atoms with Crippen LogP contribution >= 0.6 is 41.7 Å². The second-order valence-electron chi connectivity index (χ2n) is 8.08. The van der Waals surface area contributed by atoms with Gasteiger partial charge in [0.25, 0.3) is 11.8 Å². The summed E-state index contributed by atoms with van der Waals surface area (Å²) in [7, 11) is -2.79. The van der Waals surface area contributed by atoms with Crippen LogP contribution in [-0.2, 0) is 15.8 Å². The Morgan fingerprint density at radius 3 is 2.33 bits per heavy atom. The largest absolute Gasteiger partial charge is 0.508 e. The number of phenols is 1. The lowest BCUT2D eigenvalue weighted by atomic mass is 10.1. The van der Waals surface area contributed by atoms with Crippen molar-refractivity contribution in [3.63, 3.8) is 0 Å². The molecule has 4 N–H and O–H groups in total. The van der Waals surface area contributed by atoms with Crippen LogP contribution in [0.2, 0.25) is 10.0 Å². The minimum Gasteiger partial charge on any atom is -0.508 e. The number of aromatic hydroxyl groups is 1. The van der Waals surface area contributed by atoms with Gasteiger partial charge in [0, 0.05) is 18.0 Å². The molecule has 190 valence electrons. The summed E-state index contributed by atoms with van der Waals surface area (Å²) in [5.74, 6) is -2.58. The second kappa shape index (κ2) is 11.9. The highest BCUT2D eigenvalue weighted by Gasteiger charge is 2.25. The van der Waals surface area contributed by atoms with Gasteiger partial charge in [-0.25, -0.2) is 4.79 Å². The summed E-state index contributed by atoms with van der Waals surface area (Å²) in [6.07, 6.45) is 0.622. The molecule has 0 fully saturated rings. The van der Waals surface area contributed by atoms with Gasteiger partial charge in [-0.05, 0) is 54.4 Å². The molecular formula is C24H23Cl2N2O6PS. The van der Waals surface area contributed by atoms with E-state index in [1.54, 1.807) is 36.3 Å². The zero-order valence-corrected chi connectivity index (χ0v) is 22.3. The molecule has 3 rings (SSSR count). The molecule has 0 aliphatic rings. The highest BCUT2D eigenvalue weighted by molar-refractivity contribution is 7.70. The first-order valence-corrected chi connectivity index (χ1v) is 14.6. The Labute approximate surface area is 221 Å². The quantitative estimate of drug-likeness (QED) is 0.270. The van der Waals surface area contributed by atoms with Gasteiger partial charge in [-0.2, -0.15) is 0 Å². The van der Waals surface area contributed by atoms with Gasteiger partial charge in [-0.1, -0.05) is 41.4 Å². The first kappa shape index (κ1) is 27.7. The average Bonchev–Trinajstić information content (AvgIpc) is 3.35. The molecule has 12 heteroatoms. The number of carboxylic acid groups (broad SMARTS) is 1. The van der Waals surface area contributed by atoms with Crippen LogP contribution in [0.5, 0.6) is 5.75 Å². The van der Waals surface area contributed by atoms with Gasteiger partial charge >= 0.3 is 5.97 Å². The number of aliphatic carboxylic acids is 1. The number of nitrogens with one attached hydrogen (secondary N) is 2. The van der Waals surface area contributed by atoms with Crippen LogP contribution in [0.15, 0.2) is 53.9 Å². The highest BCUT2D eigenvalue weighted by atomic mass is 35.5. The Balaban J connectivity index is 1.68. The van der Waals surface area contributed by atoms with Gasteiger partial charge < -0.3 is 25.4 Å². The minimum atomic E-state index is -2.79. The Hall–Kier alpha value is -2.84. The molecule has 3 aromatic rings. The van der Waals surface area contributed by atoms with E-state index in [1.165, 1.54) is 35.6 Å². The van der Waals surface area contributed by atoms with Gasteiger partial charge in [0.15, 0.2) is 0 Å². The summed E-state index contributed by atoms with van der Waals surface area (Å²) in [6.45, 7) is 1.28. The maximum absolute atomic E-state index is 13.1. The number of thiophene rings is 1. The maximum Gasteiger partial charge on any atom is 0.328 e. The van der Waals surface area contributed by atoms with E-state index in [1.807, 2.05) is 0 Å². The van der Waals surface area contributed by atoms with Crippen molar-refractivity contribution in [3.05, 3.63) is 80.0 Å². The van der Waals surface area contributed by atoms with Gasteiger partial charge in [0.2, 0.25) is 0 Å². The van der Waals surface area contributed by atoms with Crippen molar-refractivity contribution in [2.45, 2.75) is 12.5 Å². The zero-order chi connectivity index (χ0) is 26.5. The molecule has 0 spiro atoms. The van der Waals surface area contributed by atoms with Crippen molar-refractivity contribution in [1.82, 2.24) is 10.6 Å². The Bertz CT molecular complexity index is 1310. The standard InChI is InChI=1S/C24H23Cl2N2O6PS/c1-35(34,16-5-2-4-15(29)12-16)8-7-14-10-17(25)21(18(26)11-14)23(31)28-19(24(32)33)13-27-22(30)20-6-3-9-36-20/h2-6,9-12,19,29H,7-8,13H2,1H3,(H,27,30)(H,28,31)(H,32,33). The van der Waals surface area contributed by atoms with E-state index in [4.69, 9.17) is 23.2 Å². The molecule has 2 atom stereocenters. The van der Waals surface area contributed by atoms with Crippen LogP contribution in [-0.4, -0.2) is 53.4 Å². The summed E-state index contributed by atoms with van der Waals surface area (Å²) < 4.78 is 13.1. The Morgan fingerprint density at radius 1 is 1.06 bits per heavy atom. The molecule has 1 aromatic heterocycles. The minimum absolute atomic E-state index is 0.00468. The zero-order valence-electron chi connectivity index (χ0n) is 19.0. The van der Waals surface area contributed by atoms with E-state index in [-0.39, 0.29) is 34.1 Å². The topological polar surface area (TPSA) is 133 Å². The molecule has 0 saturated heterocycles. The number of carbonyl (C=O) groups is 3. The van der Waals surface area contributed by atoms with E-state index in [9.17, 15) is 29.2 Å². The molecule has 2 unspecified atom stereocenters. The van der Waals surface area contributed by atoms with Crippen LogP contribution in [0.1, 0.15) is 25.6 Å². The molecule has 8 nitrogen and oxygen atoms in total. The van der Waals surface area contributed by atoms with Gasteiger partial charge in [-0.15, -0.1) is 11.3 Å². The van der Waals surface area contributed by atoms with E-state index >= 15 is 0 Å². The van der Waals surface area contributed by atoms with Crippen LogP contribution in [0.4, 0.5) is 0 Å². The van der Waals surface area contributed by atoms with E-state index in [2.05, 4.69) is 10.6 Å². The van der Waals surface area contributed by atoms with Crippen molar-refractivity contribution in [2.75, 3.05) is 19.4 Å². The number of benzene rings is 2. The van der Waals surface area contributed by atoms with Crippen LogP contribution in [0, 0.1) is 0 Å². The molecule has 36 heavy (non-hydrogen) atoms. The van der Waals surface area contributed by atoms with Crippen molar-refractivity contribution < 1.29 is 29.2 Å². The number of hydrogen-bond donors (Lipinski definition) is 4. The van der Waals surface area contributed by atoms with Crippen molar-refractivity contribution >= 4 is 64.8 Å². The third kappa shape index (κ3) is 7.11. The fraction of sp³-hybridized carbons (Fsp3) is 0.208. The summed E-state index contributed by atoms with van der Waals surface area (Å²) >= 11 is 13.8. The SMILES string of the molecule is CP(=O)(CCc1cc(Cl)c(C(=O)NC(CNC(=O)c2cccs2)C(=O)O)c(Cl)c1)c1cccc(O)c1. The summed E-state index contributed by atoms with van der Waals surface area (Å²) in [5.41, 5.74) is 0.535. The van der Waals surface area contributed by atoms with Crippen LogP contribution in [0.25, 0.3) is 0 Å². The predicted molar refractivity (Wildman–Crippen MR) is 142 cm³/mol. The molecule has 2 aromatic carbocycles. The summed E-state index contributed by atoms with van der Waals surface area (Å²) in [4.78, 5) is 36.9. The fourth-order valence-corrected chi connectivity index (χ4v) is 6.46. The fourth-order valence-electron chi connectivity index (χ4n) is 3.37. The average molecular weight is 569 g/mol. The molecule has 0 bridgehead atoms. The molecular weight excluding hydrogens is 546 g/mol. The normalized spacial score (nSPS) is 13.4. The number of amides is 2. The van der Waals surface area contributed by atoms with Crippen molar-refractivity contribution in [3.8, 4) is 5.75 Å². The van der Waals surface area contributed by atoms with Crippen LogP contribution < -0.4 is 15.9 Å². The van der Waals surface area contributed by atoms with E-state index in [0.29, 0.717) is 22.2 Å². The molecule has 0 aliphatic carbocycles. The summed E-state index contributed by atoms with van der Waals surface area (Å²) in [6, 6.07) is 11.2. The number of hydrogen-bond acceptors (Lipinski definition) is 6. The van der Waals surface area contributed by atoms with Crippen molar-refractivity contribution in [2.24, 2.45) is 0 Å². The third-order valence-corrected chi connectivity index (χ3v) is 9.26.